The van der Waals surface area contributed by atoms with E-state index in [0.717, 1.165) is 0 Å². The Morgan fingerprint density at radius 3 is 2.29 bits per heavy atom. The lowest BCUT2D eigenvalue weighted by molar-refractivity contribution is -0.0440. The van der Waals surface area contributed by atoms with Gasteiger partial charge in [0.2, 0.25) is 10.0 Å². The minimum atomic E-state index is -3.15. The van der Waals surface area contributed by atoms with Crippen molar-refractivity contribution < 1.29 is 13.2 Å². The maximum Gasteiger partial charge on any atom is 0.215 e. The Morgan fingerprint density at radius 2 is 1.82 bits per heavy atom. The van der Waals surface area contributed by atoms with Crippen molar-refractivity contribution in [3.05, 3.63) is 0 Å². The van der Waals surface area contributed by atoms with E-state index in [-0.39, 0.29) is 18.0 Å². The van der Waals surface area contributed by atoms with Crippen LogP contribution in [0.4, 0.5) is 0 Å². The summed E-state index contributed by atoms with van der Waals surface area (Å²) in [4.78, 5) is 0. The summed E-state index contributed by atoms with van der Waals surface area (Å²) in [6.07, 6.45) is -0.0434. The number of rotatable bonds is 5. The summed E-state index contributed by atoms with van der Waals surface area (Å²) in [6, 6.07) is 0.313. The average Bonchev–Trinajstić information content (AvgIpc) is 2.14. The maximum atomic E-state index is 12.1. The number of nitrogens with one attached hydrogen (secondary N) is 1. The molecule has 6 heteroatoms. The normalized spacial score (nSPS) is 27.6. The van der Waals surface area contributed by atoms with Gasteiger partial charge in [-0.15, -0.1) is 0 Å². The zero-order chi connectivity index (χ0) is 13.1. The first-order valence-corrected chi connectivity index (χ1v) is 7.79. The second-order valence-corrected chi connectivity index (χ2v) is 7.09. The third kappa shape index (κ3) is 4.91. The van der Waals surface area contributed by atoms with Crippen LogP contribution in [0.15, 0.2) is 0 Å². The van der Waals surface area contributed by atoms with Crippen LogP contribution in [0, 0.1) is 0 Å². The molecule has 1 N–H and O–H groups in total. The fourth-order valence-corrected chi connectivity index (χ4v) is 3.47. The smallest absolute Gasteiger partial charge is 0.215 e. The van der Waals surface area contributed by atoms with Crippen LogP contribution in [0.25, 0.3) is 0 Å². The van der Waals surface area contributed by atoms with Crippen molar-refractivity contribution in [2.24, 2.45) is 0 Å². The number of ether oxygens (including phenoxy) is 1. The summed E-state index contributed by atoms with van der Waals surface area (Å²) >= 11 is 0. The monoisotopic (exact) mass is 264 g/mol. The Morgan fingerprint density at radius 1 is 1.29 bits per heavy atom. The molecule has 1 aliphatic rings. The molecule has 0 saturated carbocycles. The molecule has 0 radical (unpaired) electrons. The highest BCUT2D eigenvalue weighted by Crippen LogP contribution is 2.14. The lowest BCUT2D eigenvalue weighted by atomic mass is 10.3. The molecule has 0 aromatic rings. The molecule has 5 nitrogen and oxygen atoms in total. The Labute approximate surface area is 105 Å². The van der Waals surface area contributed by atoms with E-state index in [9.17, 15) is 8.42 Å². The van der Waals surface area contributed by atoms with Crippen molar-refractivity contribution in [3.63, 3.8) is 0 Å². The molecular formula is C11H24N2O3S. The molecule has 17 heavy (non-hydrogen) atoms. The van der Waals surface area contributed by atoms with E-state index in [1.807, 2.05) is 27.7 Å². The maximum absolute atomic E-state index is 12.1. The lowest BCUT2D eigenvalue weighted by Gasteiger charge is -2.34. The first kappa shape index (κ1) is 14.9. The van der Waals surface area contributed by atoms with Gasteiger partial charge in [-0.1, -0.05) is 13.8 Å². The molecule has 1 saturated heterocycles. The molecule has 1 aliphatic heterocycles. The van der Waals surface area contributed by atoms with Crippen molar-refractivity contribution >= 4 is 10.0 Å². The van der Waals surface area contributed by atoms with Crippen molar-refractivity contribution in [3.8, 4) is 0 Å². The van der Waals surface area contributed by atoms with Crippen molar-refractivity contribution in [1.82, 2.24) is 9.62 Å². The summed E-state index contributed by atoms with van der Waals surface area (Å²) in [5.41, 5.74) is 0. The Bertz CT molecular complexity index is 320. The predicted octanol–water partition coefficient (Wildman–Crippen LogP) is 0.423. The van der Waals surface area contributed by atoms with E-state index < -0.39 is 10.0 Å². The summed E-state index contributed by atoms with van der Waals surface area (Å²) in [7, 11) is -3.15. The van der Waals surface area contributed by atoms with Gasteiger partial charge >= 0.3 is 0 Å². The highest BCUT2D eigenvalue weighted by atomic mass is 32.2. The number of hydrogen-bond acceptors (Lipinski definition) is 4. The largest absolute Gasteiger partial charge is 0.373 e. The van der Waals surface area contributed by atoms with Crippen molar-refractivity contribution in [2.45, 2.75) is 45.9 Å². The van der Waals surface area contributed by atoms with Crippen LogP contribution in [0.1, 0.15) is 27.7 Å². The van der Waals surface area contributed by atoms with Gasteiger partial charge in [-0.2, -0.15) is 4.31 Å². The van der Waals surface area contributed by atoms with Gasteiger partial charge in [-0.05, 0) is 13.8 Å². The standard InChI is InChI=1S/C11H24N2O3S/c1-9(2)12-5-6-17(14,15)13-7-10(3)16-11(4)8-13/h9-12H,5-8H2,1-4H3. The van der Waals surface area contributed by atoms with Crippen molar-refractivity contribution in [1.29, 1.82) is 0 Å². The fourth-order valence-electron chi connectivity index (χ4n) is 1.96. The molecular weight excluding hydrogens is 240 g/mol. The molecule has 0 aliphatic carbocycles. The molecule has 0 spiro atoms. The van der Waals surface area contributed by atoms with Crippen LogP contribution >= 0.6 is 0 Å². The van der Waals surface area contributed by atoms with E-state index in [1.165, 1.54) is 0 Å². The molecule has 0 aromatic carbocycles. The molecule has 2 atom stereocenters. The summed E-state index contributed by atoms with van der Waals surface area (Å²) in [5.74, 6) is 0.157. The minimum absolute atomic E-state index is 0.0217. The average molecular weight is 264 g/mol. The summed E-state index contributed by atoms with van der Waals surface area (Å²) in [6.45, 7) is 9.26. The molecule has 1 rings (SSSR count). The third-order valence-corrected chi connectivity index (χ3v) is 4.50. The highest BCUT2D eigenvalue weighted by molar-refractivity contribution is 7.89. The summed E-state index contributed by atoms with van der Waals surface area (Å²) in [5, 5.41) is 3.13. The molecule has 1 heterocycles. The zero-order valence-corrected chi connectivity index (χ0v) is 12.0. The summed E-state index contributed by atoms with van der Waals surface area (Å²) < 4.78 is 31.3. The topological polar surface area (TPSA) is 58.6 Å². The molecule has 102 valence electrons. The van der Waals surface area contributed by atoms with Gasteiger partial charge < -0.3 is 10.1 Å². The van der Waals surface area contributed by atoms with Gasteiger partial charge in [0.1, 0.15) is 0 Å². The molecule has 0 amide bonds. The van der Waals surface area contributed by atoms with Crippen LogP contribution in [0.3, 0.4) is 0 Å². The zero-order valence-electron chi connectivity index (χ0n) is 11.1. The van der Waals surface area contributed by atoms with Gasteiger partial charge in [-0.25, -0.2) is 8.42 Å². The first-order chi connectivity index (χ1) is 7.81. The van der Waals surface area contributed by atoms with Gasteiger partial charge in [0.15, 0.2) is 0 Å². The first-order valence-electron chi connectivity index (χ1n) is 6.18. The van der Waals surface area contributed by atoms with E-state index in [1.54, 1.807) is 4.31 Å². The van der Waals surface area contributed by atoms with Gasteiger partial charge in [0, 0.05) is 25.7 Å². The van der Waals surface area contributed by atoms with Crippen LogP contribution in [0.5, 0.6) is 0 Å². The Kier molecular flexibility index (Phi) is 5.37. The van der Waals surface area contributed by atoms with Crippen LogP contribution in [-0.4, -0.2) is 56.4 Å². The van der Waals surface area contributed by atoms with Crippen LogP contribution in [-0.2, 0) is 14.8 Å². The predicted molar refractivity (Wildman–Crippen MR) is 68.5 cm³/mol. The van der Waals surface area contributed by atoms with Crippen LogP contribution < -0.4 is 5.32 Å². The molecule has 1 fully saturated rings. The molecule has 2 unspecified atom stereocenters. The highest BCUT2D eigenvalue weighted by Gasteiger charge is 2.30. The third-order valence-electron chi connectivity index (χ3n) is 2.69. The van der Waals surface area contributed by atoms with Gasteiger partial charge in [0.05, 0.1) is 18.0 Å². The van der Waals surface area contributed by atoms with E-state index in [2.05, 4.69) is 5.32 Å². The number of nitrogens with zero attached hydrogens (tertiary/aromatic N) is 1. The Balaban J connectivity index is 2.51. The quantitative estimate of drug-likeness (QED) is 0.782. The lowest BCUT2D eigenvalue weighted by Crippen LogP contribution is -2.49. The van der Waals surface area contributed by atoms with Crippen LogP contribution in [0.2, 0.25) is 0 Å². The molecule has 0 bridgehead atoms. The van der Waals surface area contributed by atoms with Gasteiger partial charge in [-0.3, -0.25) is 0 Å². The second-order valence-electron chi connectivity index (χ2n) is 5.00. The van der Waals surface area contributed by atoms with E-state index >= 15 is 0 Å². The molecule has 0 aromatic heterocycles. The van der Waals surface area contributed by atoms with Crippen molar-refractivity contribution in [2.75, 3.05) is 25.4 Å². The Hall–Kier alpha value is -0.170. The van der Waals surface area contributed by atoms with E-state index in [4.69, 9.17) is 4.74 Å². The number of hydrogen-bond donors (Lipinski definition) is 1. The number of sulfonamides is 1. The second kappa shape index (κ2) is 6.13. The SMILES string of the molecule is CC(C)NCCS(=O)(=O)N1CC(C)OC(C)C1. The fraction of sp³-hybridized carbons (Fsp3) is 1.00. The number of morpholine rings is 1. The van der Waals surface area contributed by atoms with E-state index in [0.29, 0.717) is 25.7 Å². The van der Waals surface area contributed by atoms with Gasteiger partial charge in [0.25, 0.3) is 0 Å². The minimum Gasteiger partial charge on any atom is -0.373 e.